The van der Waals surface area contributed by atoms with Gasteiger partial charge in [0.15, 0.2) is 0 Å². The Balaban J connectivity index is 1.58. The van der Waals surface area contributed by atoms with Crippen molar-refractivity contribution in [3.05, 3.63) is 0 Å². The Bertz CT molecular complexity index is 321. The first-order valence-electron chi connectivity index (χ1n) is 7.78. The van der Waals surface area contributed by atoms with Crippen molar-refractivity contribution in [1.29, 1.82) is 0 Å². The summed E-state index contributed by atoms with van der Waals surface area (Å²) >= 11 is 0. The average Bonchev–Trinajstić information content (AvgIpc) is 2.25. The lowest BCUT2D eigenvalue weighted by Gasteiger charge is -2.56. The van der Waals surface area contributed by atoms with E-state index in [1.54, 1.807) is 0 Å². The summed E-state index contributed by atoms with van der Waals surface area (Å²) in [4.78, 5) is 12.1. The highest BCUT2D eigenvalue weighted by atomic mass is 16.3. The molecule has 4 saturated carbocycles. The van der Waals surface area contributed by atoms with Gasteiger partial charge in [0.2, 0.25) is 0 Å². The van der Waals surface area contributed by atoms with Gasteiger partial charge in [-0.25, -0.2) is 4.79 Å². The molecule has 4 aliphatic rings. The fourth-order valence-electron chi connectivity index (χ4n) is 5.03. The second kappa shape index (κ2) is 4.97. The molecule has 4 rings (SSSR count). The standard InChI is InChI=1S/C15H26N2O2/c1-10(2-3-18)16-14(19)17-15-7-11-4-12(8-15)6-13(5-11)9-15/h10-13,18H,2-9H2,1H3,(H2,16,17,19). The third kappa shape index (κ3) is 2.73. The zero-order chi connectivity index (χ0) is 13.5. The summed E-state index contributed by atoms with van der Waals surface area (Å²) < 4.78 is 0. The molecule has 4 bridgehead atoms. The summed E-state index contributed by atoms with van der Waals surface area (Å²) in [6.45, 7) is 2.06. The highest BCUT2D eigenvalue weighted by molar-refractivity contribution is 5.75. The van der Waals surface area contributed by atoms with Gasteiger partial charge in [0, 0.05) is 18.2 Å². The summed E-state index contributed by atoms with van der Waals surface area (Å²) in [5, 5.41) is 15.1. The number of carbonyl (C=O) groups is 1. The van der Waals surface area contributed by atoms with Gasteiger partial charge >= 0.3 is 6.03 Å². The zero-order valence-corrected chi connectivity index (χ0v) is 11.8. The van der Waals surface area contributed by atoms with Crippen LogP contribution < -0.4 is 10.6 Å². The van der Waals surface area contributed by atoms with Crippen molar-refractivity contribution >= 4 is 6.03 Å². The summed E-state index contributed by atoms with van der Waals surface area (Å²) in [5.41, 5.74) is 0.0811. The van der Waals surface area contributed by atoms with Gasteiger partial charge in [-0.05, 0) is 69.6 Å². The molecule has 0 aliphatic heterocycles. The lowest BCUT2D eigenvalue weighted by Crippen LogP contribution is -2.62. The predicted octanol–water partition coefficient (Wildman–Crippen LogP) is 2.03. The van der Waals surface area contributed by atoms with Gasteiger partial charge in [-0.2, -0.15) is 0 Å². The number of carbonyl (C=O) groups excluding carboxylic acids is 1. The number of amides is 2. The van der Waals surface area contributed by atoms with E-state index >= 15 is 0 Å². The molecular formula is C15H26N2O2. The molecule has 2 amide bonds. The fraction of sp³-hybridized carbons (Fsp3) is 0.933. The minimum Gasteiger partial charge on any atom is -0.396 e. The quantitative estimate of drug-likeness (QED) is 0.729. The normalized spacial score (nSPS) is 41.1. The van der Waals surface area contributed by atoms with Crippen LogP contribution >= 0.6 is 0 Å². The Kier molecular flexibility index (Phi) is 3.46. The van der Waals surface area contributed by atoms with Gasteiger partial charge < -0.3 is 15.7 Å². The largest absolute Gasteiger partial charge is 0.396 e. The Morgan fingerprint density at radius 3 is 2.21 bits per heavy atom. The van der Waals surface area contributed by atoms with Crippen LogP contribution in [0.5, 0.6) is 0 Å². The van der Waals surface area contributed by atoms with Crippen LogP contribution in [0.2, 0.25) is 0 Å². The van der Waals surface area contributed by atoms with Crippen molar-refractivity contribution in [3.8, 4) is 0 Å². The lowest BCUT2D eigenvalue weighted by atomic mass is 9.53. The van der Waals surface area contributed by atoms with Crippen LogP contribution in [-0.4, -0.2) is 29.3 Å². The number of rotatable bonds is 4. The molecule has 1 atom stereocenters. The maximum absolute atomic E-state index is 12.1. The van der Waals surface area contributed by atoms with Gasteiger partial charge in [-0.3, -0.25) is 0 Å². The molecule has 0 saturated heterocycles. The van der Waals surface area contributed by atoms with Crippen molar-refractivity contribution in [3.63, 3.8) is 0 Å². The summed E-state index contributed by atoms with van der Waals surface area (Å²) in [7, 11) is 0. The van der Waals surface area contributed by atoms with E-state index in [2.05, 4.69) is 10.6 Å². The van der Waals surface area contributed by atoms with Crippen molar-refractivity contribution < 1.29 is 9.90 Å². The van der Waals surface area contributed by atoms with E-state index in [1.807, 2.05) is 6.92 Å². The highest BCUT2D eigenvalue weighted by Crippen LogP contribution is 2.55. The Morgan fingerprint density at radius 1 is 1.21 bits per heavy atom. The van der Waals surface area contributed by atoms with Crippen LogP contribution in [0.3, 0.4) is 0 Å². The van der Waals surface area contributed by atoms with Gasteiger partial charge in [0.25, 0.3) is 0 Å². The number of urea groups is 1. The first-order valence-corrected chi connectivity index (χ1v) is 7.78. The summed E-state index contributed by atoms with van der Waals surface area (Å²) in [5.74, 6) is 2.55. The van der Waals surface area contributed by atoms with Gasteiger partial charge in [-0.15, -0.1) is 0 Å². The smallest absolute Gasteiger partial charge is 0.315 e. The van der Waals surface area contributed by atoms with E-state index in [0.29, 0.717) is 6.42 Å². The summed E-state index contributed by atoms with van der Waals surface area (Å²) in [6.07, 6.45) is 8.34. The van der Waals surface area contributed by atoms with Crippen LogP contribution in [0, 0.1) is 17.8 Å². The highest BCUT2D eigenvalue weighted by Gasteiger charge is 2.51. The van der Waals surface area contributed by atoms with E-state index in [9.17, 15) is 4.79 Å². The van der Waals surface area contributed by atoms with Gasteiger partial charge in [0.05, 0.1) is 0 Å². The van der Waals surface area contributed by atoms with E-state index in [-0.39, 0.29) is 24.2 Å². The molecule has 0 spiro atoms. The molecular weight excluding hydrogens is 240 g/mol. The number of aliphatic hydroxyl groups excluding tert-OH is 1. The van der Waals surface area contributed by atoms with Crippen molar-refractivity contribution in [2.24, 2.45) is 17.8 Å². The zero-order valence-electron chi connectivity index (χ0n) is 11.8. The number of hydrogen-bond acceptors (Lipinski definition) is 2. The van der Waals surface area contributed by atoms with Gasteiger partial charge in [-0.1, -0.05) is 0 Å². The minimum atomic E-state index is -0.0390. The lowest BCUT2D eigenvalue weighted by molar-refractivity contribution is -0.0136. The average molecular weight is 266 g/mol. The second-order valence-corrected chi connectivity index (χ2v) is 7.21. The van der Waals surface area contributed by atoms with Crippen LogP contribution in [0.25, 0.3) is 0 Å². The van der Waals surface area contributed by atoms with Crippen LogP contribution in [0.15, 0.2) is 0 Å². The van der Waals surface area contributed by atoms with E-state index in [0.717, 1.165) is 17.8 Å². The van der Waals surface area contributed by atoms with E-state index in [4.69, 9.17) is 5.11 Å². The predicted molar refractivity (Wildman–Crippen MR) is 73.7 cm³/mol. The number of hydrogen-bond donors (Lipinski definition) is 3. The van der Waals surface area contributed by atoms with Crippen molar-refractivity contribution in [2.45, 2.75) is 63.5 Å². The van der Waals surface area contributed by atoms with Crippen molar-refractivity contribution in [1.82, 2.24) is 10.6 Å². The Morgan fingerprint density at radius 2 is 1.74 bits per heavy atom. The molecule has 0 radical (unpaired) electrons. The van der Waals surface area contributed by atoms with Crippen molar-refractivity contribution in [2.75, 3.05) is 6.61 Å². The van der Waals surface area contributed by atoms with E-state index in [1.165, 1.54) is 38.5 Å². The minimum absolute atomic E-state index is 0.0390. The van der Waals surface area contributed by atoms with Gasteiger partial charge in [0.1, 0.15) is 0 Å². The molecule has 0 heterocycles. The molecule has 4 nitrogen and oxygen atoms in total. The van der Waals surface area contributed by atoms with Crippen LogP contribution in [0.1, 0.15) is 51.9 Å². The second-order valence-electron chi connectivity index (χ2n) is 7.21. The molecule has 1 unspecified atom stereocenters. The first kappa shape index (κ1) is 13.2. The molecule has 3 N–H and O–H groups in total. The first-order chi connectivity index (χ1) is 9.08. The molecule has 0 aromatic rings. The molecule has 4 fully saturated rings. The maximum Gasteiger partial charge on any atom is 0.315 e. The molecule has 0 aromatic carbocycles. The van der Waals surface area contributed by atoms with E-state index < -0.39 is 0 Å². The molecule has 19 heavy (non-hydrogen) atoms. The molecule has 0 aromatic heterocycles. The van der Waals surface area contributed by atoms with Crippen LogP contribution in [0.4, 0.5) is 4.79 Å². The summed E-state index contributed by atoms with van der Waals surface area (Å²) in [6, 6.07) is 0.00168. The topological polar surface area (TPSA) is 61.4 Å². The van der Waals surface area contributed by atoms with Crippen LogP contribution in [-0.2, 0) is 0 Å². The third-order valence-electron chi connectivity index (χ3n) is 5.36. The maximum atomic E-state index is 12.1. The number of nitrogens with one attached hydrogen (secondary N) is 2. The molecule has 4 heteroatoms. The Labute approximate surface area is 115 Å². The molecule has 108 valence electrons. The fourth-order valence-corrected chi connectivity index (χ4v) is 5.03. The monoisotopic (exact) mass is 266 g/mol. The SMILES string of the molecule is CC(CCO)NC(=O)NC12CC3CC(CC(C3)C1)C2. The Hall–Kier alpha value is -0.770. The third-order valence-corrected chi connectivity index (χ3v) is 5.36. The number of aliphatic hydroxyl groups is 1. The molecule has 4 aliphatic carbocycles.